The first kappa shape index (κ1) is 30.9. The second-order valence-electron chi connectivity index (χ2n) is 8.26. The van der Waals surface area contributed by atoms with Gasteiger partial charge in [-0.1, -0.05) is 30.3 Å². The van der Waals surface area contributed by atoms with Gasteiger partial charge in [-0.2, -0.15) is 0 Å². The molecule has 12 nitrogen and oxygen atoms in total. The standard InChI is InChI=1S/C14H19NO2.C11H13N3O6/c1-15(2)11-6-12-17-14(16)10-9-13-7-4-3-5-8-13;1-12(2)3-4-20-11(15)8-5-9(13(16)17)7-10(6-8)14(18)19/h3-5,7-10H,6,11-12H2,1-2H3;5-7H,3-4H2,1-2H3. The van der Waals surface area contributed by atoms with E-state index >= 15 is 0 Å². The summed E-state index contributed by atoms with van der Waals surface area (Å²) in [5, 5.41) is 21.4. The van der Waals surface area contributed by atoms with Crippen LogP contribution in [0.15, 0.2) is 54.6 Å². The summed E-state index contributed by atoms with van der Waals surface area (Å²) in [5.74, 6) is -1.12. The molecule has 0 aromatic heterocycles. The maximum absolute atomic E-state index is 11.7. The highest BCUT2D eigenvalue weighted by molar-refractivity contribution is 5.91. The number of benzene rings is 2. The fourth-order valence-electron chi connectivity index (χ4n) is 2.66. The fraction of sp³-hybridized carbons (Fsp3) is 0.360. The molecule has 0 saturated heterocycles. The summed E-state index contributed by atoms with van der Waals surface area (Å²) in [7, 11) is 7.56. The van der Waals surface area contributed by atoms with Crippen molar-refractivity contribution in [1.29, 1.82) is 0 Å². The number of nitro benzene ring substituents is 2. The molecule has 2 aromatic rings. The van der Waals surface area contributed by atoms with Gasteiger partial charge in [0.05, 0.1) is 28.1 Å². The molecule has 0 amide bonds. The minimum absolute atomic E-state index is 0.0856. The number of nitro groups is 2. The van der Waals surface area contributed by atoms with E-state index in [1.807, 2.05) is 44.4 Å². The van der Waals surface area contributed by atoms with Gasteiger partial charge in [-0.25, -0.2) is 9.59 Å². The van der Waals surface area contributed by atoms with Gasteiger partial charge in [0.1, 0.15) is 6.61 Å². The lowest BCUT2D eigenvalue weighted by molar-refractivity contribution is -0.394. The summed E-state index contributed by atoms with van der Waals surface area (Å²) in [6.45, 7) is 1.96. The molecule has 0 aliphatic heterocycles. The Bertz CT molecular complexity index is 1040. The molecule has 0 aliphatic rings. The van der Waals surface area contributed by atoms with Crippen molar-refractivity contribution in [1.82, 2.24) is 9.80 Å². The van der Waals surface area contributed by atoms with Crippen molar-refractivity contribution >= 4 is 29.4 Å². The molecule has 0 bridgehead atoms. The molecule has 0 unspecified atom stereocenters. The van der Waals surface area contributed by atoms with Crippen LogP contribution in [0.2, 0.25) is 0 Å². The van der Waals surface area contributed by atoms with Gasteiger partial charge < -0.3 is 19.3 Å². The molecule has 0 fully saturated rings. The van der Waals surface area contributed by atoms with Gasteiger partial charge in [0.2, 0.25) is 0 Å². The molecule has 0 N–H and O–H groups in total. The lowest BCUT2D eigenvalue weighted by Crippen LogP contribution is -2.20. The van der Waals surface area contributed by atoms with Crippen LogP contribution < -0.4 is 0 Å². The van der Waals surface area contributed by atoms with Crippen LogP contribution in [0.5, 0.6) is 0 Å². The molecule has 2 aromatic carbocycles. The monoisotopic (exact) mass is 516 g/mol. The topological polar surface area (TPSA) is 145 Å². The van der Waals surface area contributed by atoms with Crippen LogP contribution >= 0.6 is 0 Å². The molecule has 37 heavy (non-hydrogen) atoms. The van der Waals surface area contributed by atoms with Crippen LogP contribution in [0, 0.1) is 20.2 Å². The maximum Gasteiger partial charge on any atom is 0.338 e. The summed E-state index contributed by atoms with van der Waals surface area (Å²) < 4.78 is 9.94. The predicted molar refractivity (Wildman–Crippen MR) is 138 cm³/mol. The zero-order valence-corrected chi connectivity index (χ0v) is 21.4. The first-order chi connectivity index (χ1) is 17.5. The molecule has 0 spiro atoms. The van der Waals surface area contributed by atoms with Gasteiger partial charge in [0.15, 0.2) is 0 Å². The summed E-state index contributed by atoms with van der Waals surface area (Å²) >= 11 is 0. The molecule has 0 saturated carbocycles. The van der Waals surface area contributed by atoms with Crippen molar-refractivity contribution in [2.75, 3.05) is 54.5 Å². The van der Waals surface area contributed by atoms with E-state index in [9.17, 15) is 29.8 Å². The Hall–Kier alpha value is -4.16. The third kappa shape index (κ3) is 13.5. The van der Waals surface area contributed by atoms with Crippen LogP contribution in [0.4, 0.5) is 11.4 Å². The molecule has 200 valence electrons. The fourth-order valence-corrected chi connectivity index (χ4v) is 2.66. The number of hydrogen-bond donors (Lipinski definition) is 0. The van der Waals surface area contributed by atoms with Crippen molar-refractivity contribution in [2.24, 2.45) is 0 Å². The summed E-state index contributed by atoms with van der Waals surface area (Å²) in [6.07, 6.45) is 4.08. The Labute approximate surface area is 215 Å². The van der Waals surface area contributed by atoms with E-state index in [2.05, 4.69) is 4.90 Å². The molecular formula is C25H32N4O8. The number of rotatable bonds is 12. The number of likely N-dealkylation sites (N-methyl/N-ethyl adjacent to an activating group) is 1. The molecule has 0 heterocycles. The van der Waals surface area contributed by atoms with E-state index in [0.717, 1.165) is 36.7 Å². The highest BCUT2D eigenvalue weighted by atomic mass is 16.6. The number of hydrogen-bond acceptors (Lipinski definition) is 10. The highest BCUT2D eigenvalue weighted by Crippen LogP contribution is 2.23. The van der Waals surface area contributed by atoms with E-state index in [4.69, 9.17) is 9.47 Å². The number of carbonyl (C=O) groups excluding carboxylic acids is 2. The molecule has 0 aliphatic carbocycles. The van der Waals surface area contributed by atoms with Gasteiger partial charge >= 0.3 is 11.9 Å². The van der Waals surface area contributed by atoms with Crippen molar-refractivity contribution in [3.8, 4) is 0 Å². The Balaban J connectivity index is 0.000000375. The Morgan fingerprint density at radius 1 is 0.838 bits per heavy atom. The Morgan fingerprint density at radius 2 is 1.41 bits per heavy atom. The van der Waals surface area contributed by atoms with Crippen molar-refractivity contribution in [2.45, 2.75) is 6.42 Å². The van der Waals surface area contributed by atoms with Crippen LogP contribution in [0.1, 0.15) is 22.3 Å². The number of ether oxygens (including phenoxy) is 2. The summed E-state index contributed by atoms with van der Waals surface area (Å²) in [5.41, 5.74) is -0.278. The van der Waals surface area contributed by atoms with E-state index in [1.165, 1.54) is 6.08 Å². The second-order valence-corrected chi connectivity index (χ2v) is 8.26. The van der Waals surface area contributed by atoms with E-state index in [0.29, 0.717) is 13.2 Å². The second kappa shape index (κ2) is 16.5. The van der Waals surface area contributed by atoms with Crippen LogP contribution in [0.3, 0.4) is 0 Å². The third-order valence-corrected chi connectivity index (χ3v) is 4.54. The quantitative estimate of drug-likeness (QED) is 0.135. The molecule has 0 radical (unpaired) electrons. The van der Waals surface area contributed by atoms with Crippen molar-refractivity contribution in [3.05, 3.63) is 86.0 Å². The first-order valence-corrected chi connectivity index (χ1v) is 11.3. The lowest BCUT2D eigenvalue weighted by atomic mass is 10.2. The highest BCUT2D eigenvalue weighted by Gasteiger charge is 2.20. The number of carbonyl (C=O) groups is 2. The minimum atomic E-state index is -0.835. The third-order valence-electron chi connectivity index (χ3n) is 4.54. The SMILES string of the molecule is CN(C)CCCOC(=O)C=Cc1ccccc1.CN(C)CCOC(=O)c1cc([N+](=O)[O-])cc([N+](=O)[O-])c1. The van der Waals surface area contributed by atoms with Gasteiger partial charge in [-0.05, 0) is 46.3 Å². The van der Waals surface area contributed by atoms with E-state index in [-0.39, 0.29) is 18.1 Å². The van der Waals surface area contributed by atoms with Gasteiger partial charge in [-0.15, -0.1) is 0 Å². The predicted octanol–water partition coefficient (Wildman–Crippen LogP) is 3.42. The average Bonchev–Trinajstić information content (AvgIpc) is 2.85. The molecule has 12 heteroatoms. The number of non-ortho nitro benzene ring substituents is 2. The van der Waals surface area contributed by atoms with Crippen molar-refractivity contribution in [3.63, 3.8) is 0 Å². The lowest BCUT2D eigenvalue weighted by Gasteiger charge is -2.09. The summed E-state index contributed by atoms with van der Waals surface area (Å²) in [6, 6.07) is 12.4. The molecule has 0 atom stereocenters. The maximum atomic E-state index is 11.7. The smallest absolute Gasteiger partial charge is 0.338 e. The van der Waals surface area contributed by atoms with Crippen LogP contribution in [0.25, 0.3) is 6.08 Å². The zero-order chi connectivity index (χ0) is 27.8. The van der Waals surface area contributed by atoms with Gasteiger partial charge in [0.25, 0.3) is 11.4 Å². The van der Waals surface area contributed by atoms with Crippen LogP contribution in [-0.2, 0) is 14.3 Å². The normalized spacial score (nSPS) is 10.6. The van der Waals surface area contributed by atoms with Crippen LogP contribution in [-0.4, -0.2) is 86.1 Å². The van der Waals surface area contributed by atoms with E-state index < -0.39 is 27.2 Å². The Kier molecular flexibility index (Phi) is 13.8. The molecular weight excluding hydrogens is 484 g/mol. The Morgan fingerprint density at radius 3 is 1.92 bits per heavy atom. The van der Waals surface area contributed by atoms with Gasteiger partial charge in [-0.3, -0.25) is 20.2 Å². The van der Waals surface area contributed by atoms with Crippen molar-refractivity contribution < 1.29 is 28.9 Å². The number of nitrogens with zero attached hydrogens (tertiary/aromatic N) is 4. The zero-order valence-electron chi connectivity index (χ0n) is 21.4. The van der Waals surface area contributed by atoms with E-state index in [1.54, 1.807) is 25.1 Å². The molecule has 2 rings (SSSR count). The average molecular weight is 517 g/mol. The summed E-state index contributed by atoms with van der Waals surface area (Å²) in [4.78, 5) is 46.6. The number of esters is 2. The largest absolute Gasteiger partial charge is 0.462 e. The minimum Gasteiger partial charge on any atom is -0.462 e. The van der Waals surface area contributed by atoms with Gasteiger partial charge in [0, 0.05) is 31.3 Å². The first-order valence-electron chi connectivity index (χ1n) is 11.3.